The first-order valence-corrected chi connectivity index (χ1v) is 8.57. The number of hydrogen-bond donors (Lipinski definition) is 0. The Labute approximate surface area is 161 Å². The van der Waals surface area contributed by atoms with Crippen molar-refractivity contribution in [2.75, 3.05) is 13.7 Å². The lowest BCUT2D eigenvalue weighted by molar-refractivity contribution is -0.141. The normalized spacial score (nSPS) is 10.4. The Balaban J connectivity index is 1.83. The number of hydrogen-bond acceptors (Lipinski definition) is 5. The molecule has 27 heavy (non-hydrogen) atoms. The van der Waals surface area contributed by atoms with Gasteiger partial charge in [-0.3, -0.25) is 9.59 Å². The second kappa shape index (κ2) is 8.51. The number of esters is 1. The summed E-state index contributed by atoms with van der Waals surface area (Å²) in [5, 5.41) is 4.54. The molecule has 0 bridgehead atoms. The molecule has 0 spiro atoms. The van der Waals surface area contributed by atoms with Gasteiger partial charge in [0.2, 0.25) is 5.76 Å². The SMILES string of the molecule is COC(=O)CN(Cc1ccc(Cl)cc1)C(=O)c1cc(-c2ccccc2)no1. The summed E-state index contributed by atoms with van der Waals surface area (Å²) in [4.78, 5) is 26.0. The lowest BCUT2D eigenvalue weighted by atomic mass is 10.1. The highest BCUT2D eigenvalue weighted by Gasteiger charge is 2.23. The van der Waals surface area contributed by atoms with Crippen molar-refractivity contribution < 1.29 is 18.8 Å². The fourth-order valence-electron chi connectivity index (χ4n) is 2.51. The molecule has 0 saturated carbocycles. The molecule has 0 aliphatic carbocycles. The average molecular weight is 385 g/mol. The number of halogens is 1. The molecule has 3 rings (SSSR count). The lowest BCUT2D eigenvalue weighted by Crippen LogP contribution is -2.35. The Morgan fingerprint density at radius 1 is 1.11 bits per heavy atom. The topological polar surface area (TPSA) is 72.6 Å². The highest BCUT2D eigenvalue weighted by molar-refractivity contribution is 6.30. The molecule has 0 atom stereocenters. The summed E-state index contributed by atoms with van der Waals surface area (Å²) < 4.78 is 9.92. The van der Waals surface area contributed by atoms with E-state index in [1.807, 2.05) is 30.3 Å². The molecule has 138 valence electrons. The number of carbonyl (C=O) groups excluding carboxylic acids is 2. The van der Waals surface area contributed by atoms with E-state index in [1.54, 1.807) is 30.3 Å². The maximum atomic E-state index is 12.9. The van der Waals surface area contributed by atoms with Crippen LogP contribution in [0, 0.1) is 0 Å². The number of carbonyl (C=O) groups is 2. The van der Waals surface area contributed by atoms with Crippen molar-refractivity contribution in [3.63, 3.8) is 0 Å². The van der Waals surface area contributed by atoms with Gasteiger partial charge in [-0.05, 0) is 17.7 Å². The van der Waals surface area contributed by atoms with E-state index in [9.17, 15) is 9.59 Å². The van der Waals surface area contributed by atoms with Crippen molar-refractivity contribution >= 4 is 23.5 Å². The summed E-state index contributed by atoms with van der Waals surface area (Å²) in [7, 11) is 1.27. The van der Waals surface area contributed by atoms with Gasteiger partial charge in [-0.25, -0.2) is 0 Å². The summed E-state index contributed by atoms with van der Waals surface area (Å²) >= 11 is 5.90. The molecular formula is C20H17ClN2O4. The van der Waals surface area contributed by atoms with Crippen LogP contribution in [0.4, 0.5) is 0 Å². The van der Waals surface area contributed by atoms with Gasteiger partial charge in [0.25, 0.3) is 5.91 Å². The van der Waals surface area contributed by atoms with Crippen LogP contribution in [-0.2, 0) is 16.1 Å². The summed E-state index contributed by atoms with van der Waals surface area (Å²) in [5.74, 6) is -0.933. The highest BCUT2D eigenvalue weighted by atomic mass is 35.5. The predicted octanol–water partition coefficient (Wildman–Crippen LogP) is 3.81. The van der Waals surface area contributed by atoms with E-state index in [1.165, 1.54) is 12.0 Å². The molecule has 1 aromatic heterocycles. The van der Waals surface area contributed by atoms with Crippen molar-refractivity contribution in [2.45, 2.75) is 6.54 Å². The average Bonchev–Trinajstić information content (AvgIpc) is 3.19. The summed E-state index contributed by atoms with van der Waals surface area (Å²) in [6.07, 6.45) is 0. The summed E-state index contributed by atoms with van der Waals surface area (Å²) in [6, 6.07) is 17.9. The standard InChI is InChI=1S/C20H17ClN2O4/c1-26-19(24)13-23(12-14-7-9-16(21)10-8-14)20(25)18-11-17(22-27-18)15-5-3-2-4-6-15/h2-11H,12-13H2,1H3. The summed E-state index contributed by atoms with van der Waals surface area (Å²) in [5.41, 5.74) is 2.19. The van der Waals surface area contributed by atoms with Crippen molar-refractivity contribution in [3.05, 3.63) is 77.0 Å². The Bertz CT molecular complexity index is 923. The van der Waals surface area contributed by atoms with Crippen LogP contribution in [0.15, 0.2) is 65.2 Å². The quantitative estimate of drug-likeness (QED) is 0.604. The highest BCUT2D eigenvalue weighted by Crippen LogP contribution is 2.20. The number of amides is 1. The van der Waals surface area contributed by atoms with Gasteiger partial charge >= 0.3 is 5.97 Å². The fraction of sp³-hybridized carbons (Fsp3) is 0.150. The first kappa shape index (κ1) is 18.7. The third kappa shape index (κ3) is 4.74. The van der Waals surface area contributed by atoms with E-state index in [0.29, 0.717) is 10.7 Å². The number of nitrogens with zero attached hydrogens (tertiary/aromatic N) is 2. The first-order valence-electron chi connectivity index (χ1n) is 8.19. The van der Waals surface area contributed by atoms with Gasteiger partial charge in [0, 0.05) is 23.2 Å². The number of methoxy groups -OCH3 is 1. The first-order chi connectivity index (χ1) is 13.1. The van der Waals surface area contributed by atoms with Gasteiger partial charge < -0.3 is 14.2 Å². The largest absolute Gasteiger partial charge is 0.468 e. The third-order valence-electron chi connectivity index (χ3n) is 3.91. The zero-order valence-corrected chi connectivity index (χ0v) is 15.3. The Morgan fingerprint density at radius 3 is 2.48 bits per heavy atom. The van der Waals surface area contributed by atoms with Crippen LogP contribution in [-0.4, -0.2) is 35.6 Å². The number of rotatable bonds is 6. The Hall–Kier alpha value is -3.12. The Kier molecular flexibility index (Phi) is 5.88. The minimum absolute atomic E-state index is 0.0479. The van der Waals surface area contributed by atoms with E-state index >= 15 is 0 Å². The van der Waals surface area contributed by atoms with Gasteiger partial charge in [-0.1, -0.05) is 59.2 Å². The minimum atomic E-state index is -0.528. The molecule has 0 unspecified atom stereocenters. The van der Waals surface area contributed by atoms with E-state index in [2.05, 4.69) is 5.16 Å². The third-order valence-corrected chi connectivity index (χ3v) is 4.16. The molecule has 0 N–H and O–H groups in total. The van der Waals surface area contributed by atoms with Crippen LogP contribution in [0.5, 0.6) is 0 Å². The van der Waals surface area contributed by atoms with Crippen molar-refractivity contribution in [1.82, 2.24) is 10.1 Å². The molecular weight excluding hydrogens is 368 g/mol. The van der Waals surface area contributed by atoms with Crippen LogP contribution in [0.25, 0.3) is 11.3 Å². The molecule has 0 aliphatic heterocycles. The number of aromatic nitrogens is 1. The van der Waals surface area contributed by atoms with Crippen LogP contribution in [0.1, 0.15) is 16.1 Å². The van der Waals surface area contributed by atoms with Crippen LogP contribution in [0.3, 0.4) is 0 Å². The molecule has 0 radical (unpaired) electrons. The predicted molar refractivity (Wildman–Crippen MR) is 100 cm³/mol. The molecule has 0 saturated heterocycles. The van der Waals surface area contributed by atoms with E-state index in [4.69, 9.17) is 20.9 Å². The van der Waals surface area contributed by atoms with Gasteiger partial charge in [-0.15, -0.1) is 0 Å². The summed E-state index contributed by atoms with van der Waals surface area (Å²) in [6.45, 7) is -0.00813. The second-order valence-electron chi connectivity index (χ2n) is 5.81. The molecule has 1 amide bonds. The van der Waals surface area contributed by atoms with E-state index < -0.39 is 11.9 Å². The minimum Gasteiger partial charge on any atom is -0.468 e. The molecule has 3 aromatic rings. The van der Waals surface area contributed by atoms with Gasteiger partial charge in [0.05, 0.1) is 7.11 Å². The van der Waals surface area contributed by atoms with Crippen molar-refractivity contribution in [1.29, 1.82) is 0 Å². The Morgan fingerprint density at radius 2 is 1.81 bits per heavy atom. The molecule has 2 aromatic carbocycles. The van der Waals surface area contributed by atoms with Crippen molar-refractivity contribution in [3.8, 4) is 11.3 Å². The molecule has 7 heteroatoms. The maximum absolute atomic E-state index is 12.9. The van der Waals surface area contributed by atoms with E-state index in [0.717, 1.165) is 11.1 Å². The van der Waals surface area contributed by atoms with Gasteiger partial charge in [0.1, 0.15) is 12.2 Å². The molecule has 1 heterocycles. The zero-order chi connectivity index (χ0) is 19.2. The van der Waals surface area contributed by atoms with Gasteiger partial charge in [-0.2, -0.15) is 0 Å². The van der Waals surface area contributed by atoms with E-state index in [-0.39, 0.29) is 18.8 Å². The number of ether oxygens (including phenoxy) is 1. The fourth-order valence-corrected chi connectivity index (χ4v) is 2.63. The maximum Gasteiger partial charge on any atom is 0.325 e. The zero-order valence-electron chi connectivity index (χ0n) is 14.6. The monoisotopic (exact) mass is 384 g/mol. The molecule has 0 fully saturated rings. The smallest absolute Gasteiger partial charge is 0.325 e. The van der Waals surface area contributed by atoms with Crippen LogP contribution >= 0.6 is 11.6 Å². The molecule has 6 nitrogen and oxygen atoms in total. The molecule has 0 aliphatic rings. The second-order valence-corrected chi connectivity index (χ2v) is 6.24. The lowest BCUT2D eigenvalue weighted by Gasteiger charge is -2.20. The number of benzene rings is 2. The van der Waals surface area contributed by atoms with Gasteiger partial charge in [0.15, 0.2) is 0 Å². The van der Waals surface area contributed by atoms with Crippen molar-refractivity contribution in [2.24, 2.45) is 0 Å². The van der Waals surface area contributed by atoms with Crippen LogP contribution < -0.4 is 0 Å². The van der Waals surface area contributed by atoms with Crippen LogP contribution in [0.2, 0.25) is 5.02 Å².